The maximum atomic E-state index is 13.0. The number of hydrogen-bond donors (Lipinski definition) is 2. The zero-order valence-corrected chi connectivity index (χ0v) is 23.7. The van der Waals surface area contributed by atoms with Crippen molar-refractivity contribution in [1.29, 1.82) is 0 Å². The molecule has 0 aliphatic heterocycles. The summed E-state index contributed by atoms with van der Waals surface area (Å²) < 4.78 is 22.1. The normalized spacial score (nSPS) is 11.7. The SMILES string of the molecule is CCOC(=O)N(Cc1cccc(O[Si](C)(C)C(C)(C)C)c1)c1nc(OCCOCCO)nc(N)c1[N+](=O)[O-]. The lowest BCUT2D eigenvalue weighted by Crippen LogP contribution is -2.43. The Kier molecular flexibility index (Phi) is 10.8. The van der Waals surface area contributed by atoms with Crippen LogP contribution in [0.25, 0.3) is 0 Å². The number of carbonyl (C=O) groups excluding carboxylic acids is 1. The lowest BCUT2D eigenvalue weighted by molar-refractivity contribution is -0.383. The Hall–Kier alpha value is -3.49. The second-order valence-electron chi connectivity index (χ2n) is 9.80. The number of rotatable bonds is 13. The highest BCUT2D eigenvalue weighted by atomic mass is 28.4. The Morgan fingerprint density at radius 1 is 1.21 bits per heavy atom. The molecule has 0 fully saturated rings. The third kappa shape index (κ3) is 8.26. The van der Waals surface area contributed by atoms with Crippen LogP contribution in [0.3, 0.4) is 0 Å². The number of amides is 1. The third-order valence-corrected chi connectivity index (χ3v) is 10.3. The molecule has 2 aromatic rings. The van der Waals surface area contributed by atoms with Crippen molar-refractivity contribution < 1.29 is 33.5 Å². The molecular weight excluding hydrogens is 514 g/mol. The molecule has 210 valence electrons. The molecule has 0 spiro atoms. The van der Waals surface area contributed by atoms with Crippen LogP contribution in [-0.2, 0) is 16.0 Å². The van der Waals surface area contributed by atoms with Gasteiger partial charge in [-0.3, -0.25) is 15.0 Å². The molecule has 14 heteroatoms. The topological polar surface area (TPSA) is 172 Å². The van der Waals surface area contributed by atoms with Gasteiger partial charge in [0.2, 0.25) is 20.0 Å². The number of nitrogen functional groups attached to an aromatic ring is 1. The van der Waals surface area contributed by atoms with Crippen LogP contribution in [0.4, 0.5) is 22.1 Å². The van der Waals surface area contributed by atoms with Crippen molar-refractivity contribution in [2.75, 3.05) is 43.7 Å². The second-order valence-corrected chi connectivity index (χ2v) is 14.5. The molecule has 38 heavy (non-hydrogen) atoms. The number of aliphatic hydroxyl groups is 1. The Morgan fingerprint density at radius 3 is 2.53 bits per heavy atom. The minimum atomic E-state index is -2.14. The molecule has 0 radical (unpaired) electrons. The van der Waals surface area contributed by atoms with Gasteiger partial charge >= 0.3 is 17.8 Å². The average molecular weight is 552 g/mol. The maximum Gasteiger partial charge on any atom is 0.415 e. The third-order valence-electron chi connectivity index (χ3n) is 5.91. The molecule has 1 aromatic carbocycles. The first-order valence-corrected chi connectivity index (χ1v) is 15.1. The van der Waals surface area contributed by atoms with Crippen molar-refractivity contribution in [3.8, 4) is 11.8 Å². The summed E-state index contributed by atoms with van der Waals surface area (Å²) in [5, 5.41) is 20.7. The summed E-state index contributed by atoms with van der Waals surface area (Å²) in [6.07, 6.45) is -0.860. The molecule has 0 saturated carbocycles. The zero-order chi connectivity index (χ0) is 28.5. The summed E-state index contributed by atoms with van der Waals surface area (Å²) in [6, 6.07) is 6.87. The quantitative estimate of drug-likeness (QED) is 0.160. The predicted molar refractivity (Wildman–Crippen MR) is 144 cm³/mol. The molecule has 2 rings (SSSR count). The van der Waals surface area contributed by atoms with Crippen LogP contribution < -0.4 is 19.8 Å². The summed E-state index contributed by atoms with van der Waals surface area (Å²) in [5.74, 6) is -0.222. The van der Waals surface area contributed by atoms with E-state index >= 15 is 0 Å². The van der Waals surface area contributed by atoms with E-state index in [-0.39, 0.29) is 56.4 Å². The highest BCUT2D eigenvalue weighted by molar-refractivity contribution is 6.74. The highest BCUT2D eigenvalue weighted by Gasteiger charge is 2.39. The Bertz CT molecular complexity index is 1110. The molecule has 13 nitrogen and oxygen atoms in total. The van der Waals surface area contributed by atoms with Crippen LogP contribution in [0.1, 0.15) is 33.3 Å². The van der Waals surface area contributed by atoms with E-state index in [1.54, 1.807) is 25.1 Å². The molecule has 0 unspecified atom stereocenters. The van der Waals surface area contributed by atoms with E-state index in [9.17, 15) is 14.9 Å². The van der Waals surface area contributed by atoms with Gasteiger partial charge in [0.25, 0.3) is 0 Å². The molecule has 3 N–H and O–H groups in total. The summed E-state index contributed by atoms with van der Waals surface area (Å²) in [5.41, 5.74) is 5.85. The summed E-state index contributed by atoms with van der Waals surface area (Å²) in [6.45, 7) is 12.2. The molecule has 1 heterocycles. The lowest BCUT2D eigenvalue weighted by Gasteiger charge is -2.36. The van der Waals surface area contributed by atoms with Gasteiger partial charge in [0.05, 0.1) is 37.9 Å². The number of nitrogens with two attached hydrogens (primary N) is 1. The Balaban J connectivity index is 2.46. The van der Waals surface area contributed by atoms with Crippen LogP contribution in [-0.4, -0.2) is 67.4 Å². The predicted octanol–water partition coefficient (Wildman–Crippen LogP) is 3.90. The fourth-order valence-electron chi connectivity index (χ4n) is 2.99. The number of nitro groups is 1. The number of aliphatic hydroxyl groups excluding tert-OH is 1. The first-order chi connectivity index (χ1) is 17.8. The van der Waals surface area contributed by atoms with Crippen molar-refractivity contribution in [2.45, 2.75) is 52.4 Å². The first-order valence-electron chi connectivity index (χ1n) is 12.2. The van der Waals surface area contributed by atoms with E-state index in [0.717, 1.165) is 4.90 Å². The summed E-state index contributed by atoms with van der Waals surface area (Å²) in [4.78, 5) is 33.1. The minimum absolute atomic E-state index is 0.0110. The lowest BCUT2D eigenvalue weighted by atomic mass is 10.2. The van der Waals surface area contributed by atoms with Crippen molar-refractivity contribution >= 4 is 31.7 Å². The molecule has 0 aliphatic carbocycles. The van der Waals surface area contributed by atoms with Gasteiger partial charge in [-0.2, -0.15) is 9.97 Å². The summed E-state index contributed by atoms with van der Waals surface area (Å²) >= 11 is 0. The van der Waals surface area contributed by atoms with Crippen molar-refractivity contribution in [2.24, 2.45) is 0 Å². The fraction of sp³-hybridized carbons (Fsp3) is 0.542. The van der Waals surface area contributed by atoms with Gasteiger partial charge in [-0.1, -0.05) is 32.9 Å². The minimum Gasteiger partial charge on any atom is -0.543 e. The van der Waals surface area contributed by atoms with Gasteiger partial charge in [0.1, 0.15) is 12.4 Å². The van der Waals surface area contributed by atoms with Crippen LogP contribution in [0.15, 0.2) is 24.3 Å². The fourth-order valence-corrected chi connectivity index (χ4v) is 4.01. The van der Waals surface area contributed by atoms with Gasteiger partial charge in [-0.15, -0.1) is 0 Å². The van der Waals surface area contributed by atoms with Gasteiger partial charge in [0.15, 0.2) is 0 Å². The van der Waals surface area contributed by atoms with Crippen LogP contribution in [0, 0.1) is 10.1 Å². The monoisotopic (exact) mass is 551 g/mol. The molecule has 1 amide bonds. The molecule has 1 aromatic heterocycles. The molecular formula is C24H37N5O8Si. The van der Waals surface area contributed by atoms with Crippen molar-refractivity contribution in [3.05, 3.63) is 39.9 Å². The standard InChI is InChI=1S/C24H37N5O8Si/c1-7-35-23(31)28(16-17-9-8-10-18(15-17)37-38(5,6)24(2,3)4)21-19(29(32)33)20(25)26-22(27-21)36-14-13-34-12-11-30/h8-10,15,30H,7,11-14,16H2,1-6H3,(H2,25,26,27). The van der Waals surface area contributed by atoms with Gasteiger partial charge in [0, 0.05) is 0 Å². The number of carbonyl (C=O) groups is 1. The van der Waals surface area contributed by atoms with Crippen LogP contribution >= 0.6 is 0 Å². The maximum absolute atomic E-state index is 13.0. The van der Waals surface area contributed by atoms with Gasteiger partial charge < -0.3 is 29.5 Å². The average Bonchev–Trinajstić information content (AvgIpc) is 2.81. The van der Waals surface area contributed by atoms with Gasteiger partial charge in [-0.25, -0.2) is 4.79 Å². The van der Waals surface area contributed by atoms with E-state index < -0.39 is 30.8 Å². The van der Waals surface area contributed by atoms with Crippen molar-refractivity contribution in [3.63, 3.8) is 0 Å². The van der Waals surface area contributed by atoms with E-state index in [1.807, 2.05) is 6.07 Å². The number of hydrogen-bond acceptors (Lipinski definition) is 11. The summed E-state index contributed by atoms with van der Waals surface area (Å²) in [7, 11) is -2.14. The van der Waals surface area contributed by atoms with E-state index in [4.69, 9.17) is 29.5 Å². The van der Waals surface area contributed by atoms with Crippen LogP contribution in [0.2, 0.25) is 18.1 Å². The Labute approximate surface area is 223 Å². The van der Waals surface area contributed by atoms with Gasteiger partial charge in [-0.05, 0) is 42.8 Å². The molecule has 0 aliphatic rings. The van der Waals surface area contributed by atoms with E-state index in [1.165, 1.54) is 0 Å². The number of aromatic nitrogens is 2. The number of benzene rings is 1. The zero-order valence-electron chi connectivity index (χ0n) is 22.7. The van der Waals surface area contributed by atoms with Crippen LogP contribution in [0.5, 0.6) is 11.8 Å². The Morgan fingerprint density at radius 2 is 1.92 bits per heavy atom. The molecule has 0 atom stereocenters. The number of anilines is 2. The largest absolute Gasteiger partial charge is 0.543 e. The highest BCUT2D eigenvalue weighted by Crippen LogP contribution is 2.38. The van der Waals surface area contributed by atoms with E-state index in [2.05, 4.69) is 43.8 Å². The molecule has 0 bridgehead atoms. The molecule has 0 saturated heterocycles. The number of ether oxygens (including phenoxy) is 3. The van der Waals surface area contributed by atoms with E-state index in [0.29, 0.717) is 11.3 Å². The van der Waals surface area contributed by atoms with Crippen molar-refractivity contribution in [1.82, 2.24) is 9.97 Å². The second kappa shape index (κ2) is 13.3. The smallest absolute Gasteiger partial charge is 0.415 e. The first kappa shape index (κ1) is 30.7. The number of nitrogens with zero attached hydrogens (tertiary/aromatic N) is 4.